The second-order valence-corrected chi connectivity index (χ2v) is 7.40. The van der Waals surface area contributed by atoms with E-state index in [2.05, 4.69) is 20.8 Å². The van der Waals surface area contributed by atoms with Gasteiger partial charge in [-0.3, -0.25) is 0 Å². The molecule has 0 aromatic rings. The zero-order valence-electron chi connectivity index (χ0n) is 13.8. The molecule has 4 nitrogen and oxygen atoms in total. The van der Waals surface area contributed by atoms with Gasteiger partial charge in [0.05, 0.1) is 20.7 Å². The molecule has 20 heavy (non-hydrogen) atoms. The fraction of sp³-hybridized carbons (Fsp3) is 0.938. The SMILES string of the molecule is CC(C)[C@H]1CC[C@H](C)C[C@H]1OC(=O)C[N+](C)(C)CCO. The molecular weight excluding hydrogens is 254 g/mol. The van der Waals surface area contributed by atoms with E-state index in [1.165, 1.54) is 6.42 Å². The minimum absolute atomic E-state index is 0.0698. The maximum absolute atomic E-state index is 12.2. The summed E-state index contributed by atoms with van der Waals surface area (Å²) >= 11 is 0. The molecule has 0 aromatic carbocycles. The summed E-state index contributed by atoms with van der Waals surface area (Å²) in [4.78, 5) is 12.2. The van der Waals surface area contributed by atoms with Gasteiger partial charge < -0.3 is 14.3 Å². The Morgan fingerprint density at radius 3 is 2.55 bits per heavy atom. The Labute approximate surface area is 123 Å². The number of hydrogen-bond donors (Lipinski definition) is 1. The maximum Gasteiger partial charge on any atom is 0.362 e. The Hall–Kier alpha value is -0.610. The number of quaternary nitrogens is 1. The highest BCUT2D eigenvalue weighted by Crippen LogP contribution is 2.35. The molecule has 1 N–H and O–H groups in total. The van der Waals surface area contributed by atoms with Crippen molar-refractivity contribution in [2.45, 2.75) is 46.1 Å². The second-order valence-electron chi connectivity index (χ2n) is 7.40. The third kappa shape index (κ3) is 5.41. The van der Waals surface area contributed by atoms with E-state index < -0.39 is 0 Å². The number of hydrogen-bond acceptors (Lipinski definition) is 3. The molecule has 0 spiro atoms. The minimum atomic E-state index is -0.131. The smallest absolute Gasteiger partial charge is 0.362 e. The van der Waals surface area contributed by atoms with Crippen molar-refractivity contribution < 1.29 is 19.1 Å². The first kappa shape index (κ1) is 17.4. The molecule has 0 aromatic heterocycles. The summed E-state index contributed by atoms with van der Waals surface area (Å²) in [5, 5.41) is 9.02. The molecule has 1 rings (SSSR count). The van der Waals surface area contributed by atoms with E-state index in [0.29, 0.717) is 35.3 Å². The highest BCUT2D eigenvalue weighted by molar-refractivity contribution is 5.70. The Kier molecular flexibility index (Phi) is 6.46. The van der Waals surface area contributed by atoms with Crippen molar-refractivity contribution in [2.75, 3.05) is 33.8 Å². The summed E-state index contributed by atoms with van der Waals surface area (Å²) in [7, 11) is 3.89. The third-order valence-electron chi connectivity index (χ3n) is 4.51. The van der Waals surface area contributed by atoms with Gasteiger partial charge in [-0.2, -0.15) is 0 Å². The van der Waals surface area contributed by atoms with Gasteiger partial charge >= 0.3 is 5.97 Å². The number of nitrogens with zero attached hydrogens (tertiary/aromatic N) is 1. The summed E-state index contributed by atoms with van der Waals surface area (Å²) < 4.78 is 6.26. The molecule has 0 bridgehead atoms. The van der Waals surface area contributed by atoms with Crippen molar-refractivity contribution >= 4 is 5.97 Å². The second kappa shape index (κ2) is 7.41. The van der Waals surface area contributed by atoms with Crippen LogP contribution in [0, 0.1) is 17.8 Å². The highest BCUT2D eigenvalue weighted by Gasteiger charge is 2.34. The normalized spacial score (nSPS) is 27.6. The maximum atomic E-state index is 12.2. The molecule has 3 atom stereocenters. The number of ether oxygens (including phenoxy) is 1. The molecule has 1 saturated carbocycles. The number of esters is 1. The molecule has 4 heteroatoms. The Bertz CT molecular complexity index is 315. The van der Waals surface area contributed by atoms with Gasteiger partial charge in [0.1, 0.15) is 12.6 Å². The van der Waals surface area contributed by atoms with Gasteiger partial charge in [0.2, 0.25) is 0 Å². The summed E-state index contributed by atoms with van der Waals surface area (Å²) in [6.45, 7) is 7.67. The van der Waals surface area contributed by atoms with Gasteiger partial charge in [0, 0.05) is 0 Å². The van der Waals surface area contributed by atoms with Crippen molar-refractivity contribution in [3.05, 3.63) is 0 Å². The summed E-state index contributed by atoms with van der Waals surface area (Å²) in [5.41, 5.74) is 0. The lowest BCUT2D eigenvalue weighted by atomic mass is 9.75. The summed E-state index contributed by atoms with van der Waals surface area (Å²) in [6.07, 6.45) is 3.46. The van der Waals surface area contributed by atoms with Gasteiger partial charge in [-0.1, -0.05) is 27.2 Å². The fourth-order valence-corrected chi connectivity index (χ4v) is 3.16. The van der Waals surface area contributed by atoms with Crippen molar-refractivity contribution in [2.24, 2.45) is 17.8 Å². The van der Waals surface area contributed by atoms with E-state index in [9.17, 15) is 4.79 Å². The molecule has 0 saturated heterocycles. The minimum Gasteiger partial charge on any atom is -0.458 e. The zero-order chi connectivity index (χ0) is 15.3. The van der Waals surface area contributed by atoms with Crippen molar-refractivity contribution in [1.29, 1.82) is 0 Å². The lowest BCUT2D eigenvalue weighted by Gasteiger charge is -2.37. The molecule has 118 valence electrons. The largest absolute Gasteiger partial charge is 0.458 e. The van der Waals surface area contributed by atoms with Crippen molar-refractivity contribution in [1.82, 2.24) is 0 Å². The topological polar surface area (TPSA) is 46.5 Å². The van der Waals surface area contributed by atoms with Crippen LogP contribution in [0.1, 0.15) is 40.0 Å². The average molecular weight is 286 g/mol. The van der Waals surface area contributed by atoms with Crippen LogP contribution in [0.5, 0.6) is 0 Å². The predicted octanol–water partition coefficient (Wildman–Crippen LogP) is 2.06. The number of aliphatic hydroxyl groups is 1. The van der Waals surface area contributed by atoms with Gasteiger partial charge in [0.15, 0.2) is 6.54 Å². The van der Waals surface area contributed by atoms with Crippen LogP contribution in [0.2, 0.25) is 0 Å². The van der Waals surface area contributed by atoms with Gasteiger partial charge in [0.25, 0.3) is 0 Å². The van der Waals surface area contributed by atoms with E-state index >= 15 is 0 Å². The third-order valence-corrected chi connectivity index (χ3v) is 4.51. The number of aliphatic hydroxyl groups excluding tert-OH is 1. The Balaban J connectivity index is 2.57. The van der Waals surface area contributed by atoms with Crippen LogP contribution in [0.4, 0.5) is 0 Å². The average Bonchev–Trinajstić information content (AvgIpc) is 2.26. The molecule has 0 amide bonds. The van der Waals surface area contributed by atoms with Crippen LogP contribution < -0.4 is 0 Å². The summed E-state index contributed by atoms with van der Waals surface area (Å²) in [5.74, 6) is 1.56. The number of likely N-dealkylation sites (N-methyl/N-ethyl adjacent to an activating group) is 1. The predicted molar refractivity (Wildman–Crippen MR) is 80.2 cm³/mol. The van der Waals surface area contributed by atoms with E-state index in [1.54, 1.807) is 0 Å². The first-order valence-corrected chi connectivity index (χ1v) is 7.87. The van der Waals surface area contributed by atoms with Crippen LogP contribution in [0.15, 0.2) is 0 Å². The van der Waals surface area contributed by atoms with E-state index in [1.807, 2.05) is 14.1 Å². The molecule has 0 unspecified atom stereocenters. The molecule has 1 fully saturated rings. The zero-order valence-corrected chi connectivity index (χ0v) is 13.8. The Morgan fingerprint density at radius 2 is 2.00 bits per heavy atom. The fourth-order valence-electron chi connectivity index (χ4n) is 3.16. The monoisotopic (exact) mass is 286 g/mol. The Morgan fingerprint density at radius 1 is 1.35 bits per heavy atom. The first-order chi connectivity index (χ1) is 9.25. The van der Waals surface area contributed by atoms with Crippen LogP contribution in [0.3, 0.4) is 0 Å². The molecule has 0 aliphatic heterocycles. The van der Waals surface area contributed by atoms with Crippen molar-refractivity contribution in [3.63, 3.8) is 0 Å². The lowest BCUT2D eigenvalue weighted by molar-refractivity contribution is -0.883. The summed E-state index contributed by atoms with van der Waals surface area (Å²) in [6, 6.07) is 0. The van der Waals surface area contributed by atoms with E-state index in [-0.39, 0.29) is 18.7 Å². The highest BCUT2D eigenvalue weighted by atomic mass is 16.5. The van der Waals surface area contributed by atoms with E-state index in [0.717, 1.165) is 12.8 Å². The number of carbonyl (C=O) groups is 1. The quantitative estimate of drug-likeness (QED) is 0.600. The van der Waals surface area contributed by atoms with Crippen LogP contribution in [0.25, 0.3) is 0 Å². The molecule has 0 heterocycles. The van der Waals surface area contributed by atoms with Crippen molar-refractivity contribution in [3.8, 4) is 0 Å². The standard InChI is InChI=1S/C16H32NO3/c1-12(2)14-7-6-13(3)10-15(14)20-16(19)11-17(4,5)8-9-18/h12-15,18H,6-11H2,1-5H3/q+1/t13-,14+,15+/m0/s1. The van der Waals surface area contributed by atoms with Gasteiger partial charge in [-0.15, -0.1) is 0 Å². The van der Waals surface area contributed by atoms with Gasteiger partial charge in [-0.05, 0) is 30.6 Å². The van der Waals surface area contributed by atoms with E-state index in [4.69, 9.17) is 9.84 Å². The van der Waals surface area contributed by atoms with Crippen LogP contribution in [-0.4, -0.2) is 55.5 Å². The molecule has 0 radical (unpaired) electrons. The molecular formula is C16H32NO3+. The molecule has 1 aliphatic carbocycles. The number of rotatable bonds is 6. The molecule has 1 aliphatic rings. The van der Waals surface area contributed by atoms with Crippen LogP contribution in [-0.2, 0) is 9.53 Å². The number of carbonyl (C=O) groups excluding carboxylic acids is 1. The first-order valence-electron chi connectivity index (χ1n) is 7.87. The lowest BCUT2D eigenvalue weighted by Crippen LogP contribution is -2.47. The van der Waals surface area contributed by atoms with Gasteiger partial charge in [-0.25, -0.2) is 4.79 Å². The van der Waals surface area contributed by atoms with Crippen LogP contribution >= 0.6 is 0 Å².